The fourth-order valence-electron chi connectivity index (χ4n) is 3.05. The van der Waals surface area contributed by atoms with E-state index in [2.05, 4.69) is 10.9 Å². The summed E-state index contributed by atoms with van der Waals surface area (Å²) >= 11 is 0. The molecule has 0 N–H and O–H groups in total. The van der Waals surface area contributed by atoms with Crippen molar-refractivity contribution in [3.63, 3.8) is 0 Å². The van der Waals surface area contributed by atoms with Crippen LogP contribution in [-0.4, -0.2) is 33.1 Å². The molecule has 6 nitrogen and oxygen atoms in total. The highest BCUT2D eigenvalue weighted by molar-refractivity contribution is 6.01. The van der Waals surface area contributed by atoms with E-state index >= 15 is 0 Å². The van der Waals surface area contributed by atoms with Gasteiger partial charge in [0.1, 0.15) is 5.75 Å². The highest BCUT2D eigenvalue weighted by Gasteiger charge is 2.37. The van der Waals surface area contributed by atoms with E-state index in [0.717, 1.165) is 12.8 Å². The van der Waals surface area contributed by atoms with Crippen LogP contribution in [0.4, 0.5) is 0 Å². The minimum absolute atomic E-state index is 0.0553. The molecule has 2 aliphatic heterocycles. The molecule has 6 heteroatoms. The lowest BCUT2D eigenvalue weighted by atomic mass is 10.1. The van der Waals surface area contributed by atoms with Gasteiger partial charge in [-0.25, -0.2) is 4.98 Å². The van der Waals surface area contributed by atoms with Crippen molar-refractivity contribution < 1.29 is 9.53 Å². The first-order valence-corrected chi connectivity index (χ1v) is 7.13. The van der Waals surface area contributed by atoms with Gasteiger partial charge in [-0.1, -0.05) is 5.92 Å². The van der Waals surface area contributed by atoms with Gasteiger partial charge >= 0.3 is 0 Å². The second-order valence-electron chi connectivity index (χ2n) is 5.46. The lowest BCUT2D eigenvalue weighted by Gasteiger charge is -2.31. The molecule has 4 rings (SSSR count). The maximum absolute atomic E-state index is 12.5. The summed E-state index contributed by atoms with van der Waals surface area (Å²) in [5.74, 6) is 2.82. The van der Waals surface area contributed by atoms with Crippen LogP contribution in [0.2, 0.25) is 0 Å². The molecule has 3 heterocycles. The van der Waals surface area contributed by atoms with E-state index < -0.39 is 0 Å². The number of hydrogen-bond donors (Lipinski definition) is 0. The number of nitrogens with zero attached hydrogens (tertiary/aromatic N) is 3. The van der Waals surface area contributed by atoms with E-state index in [9.17, 15) is 9.59 Å². The molecule has 1 atom stereocenters. The molecule has 0 radical (unpaired) electrons. The Balaban J connectivity index is 1.92. The lowest BCUT2D eigenvalue weighted by Crippen LogP contribution is -2.43. The van der Waals surface area contributed by atoms with Crippen LogP contribution in [0.25, 0.3) is 10.9 Å². The third-order valence-electron chi connectivity index (χ3n) is 4.14. The van der Waals surface area contributed by atoms with Crippen molar-refractivity contribution in [2.45, 2.75) is 25.6 Å². The molecule has 2 aromatic rings. The first-order chi connectivity index (χ1) is 10.7. The molecule has 0 aliphatic carbocycles. The molecule has 22 heavy (non-hydrogen) atoms. The zero-order valence-corrected chi connectivity index (χ0v) is 11.8. The topological polar surface area (TPSA) is 64.4 Å². The zero-order valence-electron chi connectivity index (χ0n) is 11.8. The Kier molecular flexibility index (Phi) is 2.70. The zero-order chi connectivity index (χ0) is 15.3. The van der Waals surface area contributed by atoms with Crippen molar-refractivity contribution >= 4 is 16.8 Å². The van der Waals surface area contributed by atoms with Crippen LogP contribution >= 0.6 is 0 Å². The number of ether oxygens (including phenoxy) is 1. The fraction of sp³-hybridized carbons (Fsp3) is 0.312. The van der Waals surface area contributed by atoms with E-state index in [-0.39, 0.29) is 24.2 Å². The number of fused-ring (bicyclic) bond motifs is 3. The molecule has 0 spiro atoms. The summed E-state index contributed by atoms with van der Waals surface area (Å²) in [6.45, 7) is 0.868. The van der Waals surface area contributed by atoms with E-state index in [0.29, 0.717) is 28.8 Å². The minimum atomic E-state index is -0.226. The molecule has 0 bridgehead atoms. The van der Waals surface area contributed by atoms with Gasteiger partial charge in [0.2, 0.25) is 0 Å². The van der Waals surface area contributed by atoms with Gasteiger partial charge in [-0.3, -0.25) is 14.2 Å². The van der Waals surface area contributed by atoms with Gasteiger partial charge in [-0.15, -0.1) is 6.42 Å². The molecule has 2 aliphatic rings. The Hall–Kier alpha value is -2.81. The van der Waals surface area contributed by atoms with E-state index in [1.54, 1.807) is 17.0 Å². The minimum Gasteiger partial charge on any atom is -0.470 e. The van der Waals surface area contributed by atoms with Crippen molar-refractivity contribution in [1.29, 1.82) is 0 Å². The maximum Gasteiger partial charge on any atom is 0.262 e. The van der Waals surface area contributed by atoms with Gasteiger partial charge in [0.15, 0.2) is 6.23 Å². The van der Waals surface area contributed by atoms with Gasteiger partial charge in [-0.05, 0) is 18.6 Å². The average molecular weight is 295 g/mol. The Bertz CT molecular complexity index is 894. The first-order valence-electron chi connectivity index (χ1n) is 7.13. The summed E-state index contributed by atoms with van der Waals surface area (Å²) in [4.78, 5) is 30.9. The molecule has 1 amide bonds. The Morgan fingerprint density at radius 1 is 1.41 bits per heavy atom. The van der Waals surface area contributed by atoms with Crippen molar-refractivity contribution in [2.24, 2.45) is 0 Å². The third-order valence-corrected chi connectivity index (χ3v) is 4.14. The molecule has 0 saturated carbocycles. The largest absolute Gasteiger partial charge is 0.470 e. The van der Waals surface area contributed by atoms with Crippen molar-refractivity contribution in [1.82, 2.24) is 14.5 Å². The number of aromatic nitrogens is 2. The quantitative estimate of drug-likeness (QED) is 0.736. The van der Waals surface area contributed by atoms with Gasteiger partial charge in [0.25, 0.3) is 11.5 Å². The van der Waals surface area contributed by atoms with E-state index in [1.165, 1.54) is 10.9 Å². The predicted octanol–water partition coefficient (Wildman–Crippen LogP) is 0.984. The normalized spacial score (nSPS) is 19.5. The van der Waals surface area contributed by atoms with E-state index in [4.69, 9.17) is 11.2 Å². The molecular weight excluding hydrogens is 282 g/mol. The first kappa shape index (κ1) is 12.9. The highest BCUT2D eigenvalue weighted by Crippen LogP contribution is 2.34. The Morgan fingerprint density at radius 3 is 3.09 bits per heavy atom. The summed E-state index contributed by atoms with van der Waals surface area (Å²) < 4.78 is 7.24. The van der Waals surface area contributed by atoms with E-state index in [1.807, 2.05) is 0 Å². The van der Waals surface area contributed by atoms with Crippen molar-refractivity contribution in [3.8, 4) is 18.1 Å². The summed E-state index contributed by atoms with van der Waals surface area (Å²) in [5.41, 5.74) is 0.717. The number of benzene rings is 1. The summed E-state index contributed by atoms with van der Waals surface area (Å²) in [6, 6.07) is 3.24. The van der Waals surface area contributed by atoms with Crippen LogP contribution < -0.4 is 10.3 Å². The Morgan fingerprint density at radius 2 is 2.27 bits per heavy atom. The van der Waals surface area contributed by atoms with Gasteiger partial charge in [-0.2, -0.15) is 0 Å². The number of carbonyl (C=O) groups excluding carboxylic acids is 1. The van der Waals surface area contributed by atoms with Crippen LogP contribution in [0.15, 0.2) is 23.3 Å². The van der Waals surface area contributed by atoms with Crippen molar-refractivity contribution in [2.75, 3.05) is 6.54 Å². The summed E-state index contributed by atoms with van der Waals surface area (Å²) in [6.07, 6.45) is 8.18. The van der Waals surface area contributed by atoms with Crippen LogP contribution in [0.3, 0.4) is 0 Å². The Labute approximate surface area is 126 Å². The monoisotopic (exact) mass is 295 g/mol. The van der Waals surface area contributed by atoms with Gasteiger partial charge in [0, 0.05) is 13.0 Å². The second-order valence-corrected chi connectivity index (χ2v) is 5.46. The molecule has 110 valence electrons. The average Bonchev–Trinajstić information content (AvgIpc) is 2.98. The number of amides is 1. The number of hydrogen-bond acceptors (Lipinski definition) is 4. The molecule has 1 unspecified atom stereocenters. The number of rotatable bonds is 1. The summed E-state index contributed by atoms with van der Waals surface area (Å²) in [5, 5.41) is 0.413. The fourth-order valence-corrected chi connectivity index (χ4v) is 3.05. The second kappa shape index (κ2) is 4.60. The van der Waals surface area contributed by atoms with Crippen molar-refractivity contribution in [3.05, 3.63) is 34.4 Å². The highest BCUT2D eigenvalue weighted by atomic mass is 16.5. The summed E-state index contributed by atoms with van der Waals surface area (Å²) in [7, 11) is 0. The molecule has 1 saturated heterocycles. The number of terminal acetylenes is 1. The molecule has 1 aromatic heterocycles. The molecule has 1 fully saturated rings. The maximum atomic E-state index is 12.5. The standard InChI is InChI=1S/C16H13N3O3/c1-2-5-18-9-17-12-7-11-13(8-10(12)15(18)20)22-14-4-3-6-19(14)16(11)21/h1,7-9,14H,3-6H2. The predicted molar refractivity (Wildman–Crippen MR) is 79.5 cm³/mol. The SMILES string of the molecule is C#CCn1cnc2cc3c(cc2c1=O)OC1CCCN1C3=O. The van der Waals surface area contributed by atoms with Crippen LogP contribution in [0.1, 0.15) is 23.2 Å². The van der Waals surface area contributed by atoms with Gasteiger partial charge < -0.3 is 9.64 Å². The third kappa shape index (κ3) is 1.72. The van der Waals surface area contributed by atoms with Gasteiger partial charge in [0.05, 0.1) is 29.3 Å². The van der Waals surface area contributed by atoms with Crippen LogP contribution in [-0.2, 0) is 6.54 Å². The molecular formula is C16H13N3O3. The molecule has 1 aromatic carbocycles. The smallest absolute Gasteiger partial charge is 0.262 e. The van der Waals surface area contributed by atoms with Crippen LogP contribution in [0.5, 0.6) is 5.75 Å². The lowest BCUT2D eigenvalue weighted by molar-refractivity contribution is 0.0295. The van der Waals surface area contributed by atoms with Crippen LogP contribution in [0, 0.1) is 12.3 Å². The number of carbonyl (C=O) groups is 1.